The zero-order valence-corrected chi connectivity index (χ0v) is 12.2. The molecule has 0 unspecified atom stereocenters. The van der Waals surface area contributed by atoms with Gasteiger partial charge in [-0.1, -0.05) is 12.1 Å². The first-order valence-electron chi connectivity index (χ1n) is 7.34. The molecule has 112 valence electrons. The molecular weight excluding hydrogens is 280 g/mol. The molecule has 1 aromatic heterocycles. The topological polar surface area (TPSA) is 69.0 Å². The van der Waals surface area contributed by atoms with Gasteiger partial charge in [0.05, 0.1) is 7.11 Å². The van der Waals surface area contributed by atoms with Crippen molar-refractivity contribution in [2.75, 3.05) is 12.4 Å². The smallest absolute Gasteiger partial charge is 0.226 e. The molecule has 1 atom stereocenters. The number of anilines is 1. The lowest BCUT2D eigenvalue weighted by atomic mass is 9.85. The van der Waals surface area contributed by atoms with Gasteiger partial charge in [-0.2, -0.15) is 10.1 Å². The maximum absolute atomic E-state index is 12.5. The van der Waals surface area contributed by atoms with Gasteiger partial charge < -0.3 is 10.1 Å². The standard InChI is InChI=1S/C16H16N4O2/c1-22-11-5-2-4-10(8-11)15-14-12(6-3-7-13(14)21)19-16-17-9-18-20(15)16/h2,4-5,8-9,15H,3,6-7H2,1H3,(H,17,18,19)/t15-/m0/s1. The van der Waals surface area contributed by atoms with Gasteiger partial charge in [-0.3, -0.25) is 4.79 Å². The van der Waals surface area contributed by atoms with Crippen LogP contribution in [-0.4, -0.2) is 27.7 Å². The van der Waals surface area contributed by atoms with Crippen molar-refractivity contribution in [2.45, 2.75) is 25.3 Å². The maximum atomic E-state index is 12.5. The van der Waals surface area contributed by atoms with E-state index in [4.69, 9.17) is 4.74 Å². The zero-order chi connectivity index (χ0) is 15.1. The van der Waals surface area contributed by atoms with Gasteiger partial charge in [0.15, 0.2) is 5.78 Å². The number of hydrogen-bond donors (Lipinski definition) is 1. The highest BCUT2D eigenvalue weighted by Gasteiger charge is 2.36. The fraction of sp³-hybridized carbons (Fsp3) is 0.312. The van der Waals surface area contributed by atoms with Gasteiger partial charge in [0.1, 0.15) is 18.1 Å². The number of ether oxygens (including phenoxy) is 1. The fourth-order valence-corrected chi connectivity index (χ4v) is 3.22. The number of carbonyl (C=O) groups is 1. The highest BCUT2D eigenvalue weighted by molar-refractivity contribution is 5.99. The van der Waals surface area contributed by atoms with E-state index in [9.17, 15) is 4.79 Å². The summed E-state index contributed by atoms with van der Waals surface area (Å²) in [5.41, 5.74) is 2.76. The van der Waals surface area contributed by atoms with Crippen LogP contribution in [-0.2, 0) is 4.79 Å². The van der Waals surface area contributed by atoms with E-state index in [1.807, 2.05) is 24.3 Å². The molecule has 6 nitrogen and oxygen atoms in total. The third kappa shape index (κ3) is 1.91. The molecule has 2 heterocycles. The molecular formula is C16H16N4O2. The molecule has 6 heteroatoms. The lowest BCUT2D eigenvalue weighted by Gasteiger charge is -2.32. The van der Waals surface area contributed by atoms with Gasteiger partial charge in [-0.25, -0.2) is 4.68 Å². The second-order valence-electron chi connectivity index (χ2n) is 5.50. The minimum absolute atomic E-state index is 0.183. The summed E-state index contributed by atoms with van der Waals surface area (Å²) in [4.78, 5) is 16.8. The van der Waals surface area contributed by atoms with E-state index in [-0.39, 0.29) is 11.8 Å². The number of hydrogen-bond acceptors (Lipinski definition) is 5. The first-order chi connectivity index (χ1) is 10.8. The average molecular weight is 296 g/mol. The highest BCUT2D eigenvalue weighted by atomic mass is 16.5. The van der Waals surface area contributed by atoms with Gasteiger partial charge >= 0.3 is 0 Å². The molecule has 0 fully saturated rings. The van der Waals surface area contributed by atoms with Crippen molar-refractivity contribution in [3.05, 3.63) is 47.4 Å². The number of carbonyl (C=O) groups excluding carboxylic acids is 1. The van der Waals surface area contributed by atoms with Crippen LogP contribution in [0.2, 0.25) is 0 Å². The number of fused-ring (bicyclic) bond motifs is 1. The highest BCUT2D eigenvalue weighted by Crippen LogP contribution is 2.40. The Morgan fingerprint density at radius 1 is 1.36 bits per heavy atom. The summed E-state index contributed by atoms with van der Waals surface area (Å²) in [7, 11) is 1.64. The second-order valence-corrected chi connectivity index (χ2v) is 5.50. The predicted octanol–water partition coefficient (Wildman–Crippen LogP) is 2.31. The van der Waals surface area contributed by atoms with Crippen LogP contribution in [0.1, 0.15) is 30.9 Å². The van der Waals surface area contributed by atoms with Crippen LogP contribution in [0.4, 0.5) is 5.95 Å². The van der Waals surface area contributed by atoms with E-state index >= 15 is 0 Å². The van der Waals surface area contributed by atoms with Crippen molar-refractivity contribution < 1.29 is 9.53 Å². The molecule has 0 saturated heterocycles. The first-order valence-corrected chi connectivity index (χ1v) is 7.34. The minimum Gasteiger partial charge on any atom is -0.497 e. The number of rotatable bonds is 2. The lowest BCUT2D eigenvalue weighted by molar-refractivity contribution is -0.116. The quantitative estimate of drug-likeness (QED) is 0.921. The van der Waals surface area contributed by atoms with Crippen molar-refractivity contribution in [1.29, 1.82) is 0 Å². The normalized spacial score (nSPS) is 20.2. The van der Waals surface area contributed by atoms with E-state index < -0.39 is 0 Å². The molecule has 0 amide bonds. The van der Waals surface area contributed by atoms with E-state index in [0.717, 1.165) is 35.4 Å². The van der Waals surface area contributed by atoms with Gasteiger partial charge in [-0.05, 0) is 30.5 Å². The Morgan fingerprint density at radius 3 is 3.14 bits per heavy atom. The summed E-state index contributed by atoms with van der Waals surface area (Å²) in [6, 6.07) is 7.53. The summed E-state index contributed by atoms with van der Waals surface area (Å²) in [6.07, 6.45) is 3.85. The molecule has 22 heavy (non-hydrogen) atoms. The van der Waals surface area contributed by atoms with Gasteiger partial charge in [0.2, 0.25) is 5.95 Å². The Bertz CT molecular complexity index is 778. The number of methoxy groups -OCH3 is 1. The Labute approximate surface area is 127 Å². The van der Waals surface area contributed by atoms with E-state index in [2.05, 4.69) is 15.4 Å². The largest absolute Gasteiger partial charge is 0.497 e. The Kier molecular flexibility index (Phi) is 2.96. The summed E-state index contributed by atoms with van der Waals surface area (Å²) in [6.45, 7) is 0. The van der Waals surface area contributed by atoms with Crippen LogP contribution in [0.25, 0.3) is 0 Å². The van der Waals surface area contributed by atoms with Crippen LogP contribution in [0.5, 0.6) is 5.75 Å². The molecule has 2 aromatic rings. The van der Waals surface area contributed by atoms with Gasteiger partial charge in [0, 0.05) is 17.7 Å². The van der Waals surface area contributed by atoms with E-state index in [1.54, 1.807) is 11.8 Å². The molecule has 1 aliphatic carbocycles. The molecule has 4 rings (SSSR count). The molecule has 0 radical (unpaired) electrons. The maximum Gasteiger partial charge on any atom is 0.226 e. The molecule has 0 saturated carbocycles. The Balaban J connectivity index is 1.90. The predicted molar refractivity (Wildman–Crippen MR) is 80.7 cm³/mol. The summed E-state index contributed by atoms with van der Waals surface area (Å²) >= 11 is 0. The zero-order valence-electron chi connectivity index (χ0n) is 12.2. The number of Topliss-reactive ketones (excluding diaryl/α,β-unsaturated/α-hetero) is 1. The number of benzene rings is 1. The SMILES string of the molecule is COc1cccc([C@H]2C3=C(CCCC3=O)Nc3ncnn32)c1. The minimum atomic E-state index is -0.239. The molecule has 0 spiro atoms. The van der Waals surface area contributed by atoms with Gasteiger partial charge in [0.25, 0.3) is 0 Å². The van der Waals surface area contributed by atoms with Crippen LogP contribution in [0.15, 0.2) is 41.9 Å². The van der Waals surface area contributed by atoms with Crippen molar-refractivity contribution in [1.82, 2.24) is 14.8 Å². The van der Waals surface area contributed by atoms with Crippen LogP contribution in [0.3, 0.4) is 0 Å². The molecule has 1 aliphatic heterocycles. The number of ketones is 1. The average Bonchev–Trinajstić information content (AvgIpc) is 3.01. The van der Waals surface area contributed by atoms with E-state index in [0.29, 0.717) is 12.4 Å². The molecule has 1 N–H and O–H groups in total. The van der Waals surface area contributed by atoms with Crippen LogP contribution < -0.4 is 10.1 Å². The third-order valence-electron chi connectivity index (χ3n) is 4.22. The summed E-state index contributed by atoms with van der Waals surface area (Å²) < 4.78 is 7.09. The number of nitrogens with one attached hydrogen (secondary N) is 1. The second kappa shape index (κ2) is 4.98. The molecule has 2 aliphatic rings. The van der Waals surface area contributed by atoms with Gasteiger partial charge in [-0.15, -0.1) is 0 Å². The Hall–Kier alpha value is -2.63. The van der Waals surface area contributed by atoms with Crippen molar-refractivity contribution in [3.8, 4) is 5.75 Å². The summed E-state index contributed by atoms with van der Waals surface area (Å²) in [5, 5.41) is 7.57. The fourth-order valence-electron chi connectivity index (χ4n) is 3.22. The summed E-state index contributed by atoms with van der Waals surface area (Å²) in [5.74, 6) is 1.63. The van der Waals surface area contributed by atoms with Crippen molar-refractivity contribution in [2.24, 2.45) is 0 Å². The molecule has 0 bridgehead atoms. The van der Waals surface area contributed by atoms with Crippen molar-refractivity contribution >= 4 is 11.7 Å². The van der Waals surface area contributed by atoms with E-state index in [1.165, 1.54) is 6.33 Å². The third-order valence-corrected chi connectivity index (χ3v) is 4.22. The lowest BCUT2D eigenvalue weighted by Crippen LogP contribution is -2.31. The monoisotopic (exact) mass is 296 g/mol. The number of allylic oxidation sites excluding steroid dienone is 2. The Morgan fingerprint density at radius 2 is 2.27 bits per heavy atom. The first kappa shape index (κ1) is 13.1. The number of aromatic nitrogens is 3. The molecule has 1 aromatic carbocycles. The van der Waals surface area contributed by atoms with Crippen LogP contribution in [0, 0.1) is 0 Å². The van der Waals surface area contributed by atoms with Crippen LogP contribution >= 0.6 is 0 Å². The number of nitrogens with zero attached hydrogens (tertiary/aromatic N) is 3. The van der Waals surface area contributed by atoms with Crippen molar-refractivity contribution in [3.63, 3.8) is 0 Å².